The molecule has 0 spiro atoms. The van der Waals surface area contributed by atoms with E-state index in [0.717, 1.165) is 12.1 Å². The van der Waals surface area contributed by atoms with Crippen LogP contribution in [0.25, 0.3) is 32.9 Å². The van der Waals surface area contributed by atoms with Crippen molar-refractivity contribution >= 4 is 33.2 Å². The number of benzene rings is 2. The topological polar surface area (TPSA) is 89.6 Å². The Balaban J connectivity index is 1.34. The van der Waals surface area contributed by atoms with E-state index in [9.17, 15) is 4.39 Å². The summed E-state index contributed by atoms with van der Waals surface area (Å²) in [5.74, 6) is -5.02. The van der Waals surface area contributed by atoms with Crippen molar-refractivity contribution < 1.29 is 38.3 Å². The fourth-order valence-corrected chi connectivity index (χ4v) is 7.37. The molecule has 8 rings (SSSR count). The number of anilines is 2. The molecular weight excluding hydrogens is 607 g/mol. The highest BCUT2D eigenvalue weighted by molar-refractivity contribution is 6.04. The first kappa shape index (κ1) is 24.0. The summed E-state index contributed by atoms with van der Waals surface area (Å²) in [4.78, 5) is 16.3. The van der Waals surface area contributed by atoms with E-state index in [2.05, 4.69) is 15.0 Å². The number of halogens is 5. The second kappa shape index (κ2) is 10.6. The molecule has 2 saturated heterocycles. The first-order chi connectivity index (χ1) is 24.1. The quantitative estimate of drug-likeness (QED) is 0.158. The van der Waals surface area contributed by atoms with E-state index in [4.69, 9.17) is 22.1 Å². The van der Waals surface area contributed by atoms with Crippen LogP contribution in [0.2, 0.25) is 0 Å². The van der Waals surface area contributed by atoms with Gasteiger partial charge in [0.15, 0.2) is 17.4 Å². The maximum Gasteiger partial charge on any atom is 0.319 e. The predicted molar refractivity (Wildman–Crippen MR) is 163 cm³/mol. The van der Waals surface area contributed by atoms with Crippen molar-refractivity contribution in [3.8, 4) is 23.0 Å². The largest absolute Gasteiger partial charge is 0.493 e. The number of methoxy groups -OCH3 is 1. The molecule has 2 N–H and O–H groups in total. The highest BCUT2D eigenvalue weighted by Crippen LogP contribution is 2.47. The Morgan fingerprint density at radius 1 is 1.13 bits per heavy atom. The van der Waals surface area contributed by atoms with Gasteiger partial charge in [0.25, 0.3) is 0 Å². The molecule has 46 heavy (non-hydrogen) atoms. The van der Waals surface area contributed by atoms with Gasteiger partial charge in [-0.25, -0.2) is 22.0 Å². The number of alkyl halides is 2. The molecule has 2 aromatic carbocycles. The van der Waals surface area contributed by atoms with Crippen molar-refractivity contribution in [1.82, 2.24) is 19.9 Å². The van der Waals surface area contributed by atoms with Gasteiger partial charge >= 0.3 is 6.01 Å². The summed E-state index contributed by atoms with van der Waals surface area (Å²) in [5, 5.41) is -0.840. The van der Waals surface area contributed by atoms with Gasteiger partial charge in [-0.3, -0.25) is 9.88 Å². The standard InChI is InChI=1S/C33H31F5N6O2/c1-45-30-23(36)11-22(35)19-9-17(39)10-20(24(19)30)27-26(38)28-21(13-40-27)31(44-8-3-2-5-18-25(37)29(18)44)42-32(41-28)46-15-33-6-4-7-43(33)14-16(34)12-33/h2,5,9-11,13,16,18,25,29H,3-4,6-8,12,14-15,39H2,1H3/t16-,18+,25+,29+,33+/m1/s1/i1D3,15D2. The first-order valence-electron chi connectivity index (χ1n) is 17.5. The molecule has 0 radical (unpaired) electrons. The van der Waals surface area contributed by atoms with E-state index in [1.807, 2.05) is 6.08 Å². The number of ether oxygens (including phenoxy) is 2. The molecule has 13 heteroatoms. The molecule has 0 amide bonds. The zero-order chi connectivity index (χ0) is 36.2. The van der Waals surface area contributed by atoms with Crippen LogP contribution in [-0.2, 0) is 0 Å². The highest BCUT2D eigenvalue weighted by atomic mass is 19.1. The third-order valence-electron chi connectivity index (χ3n) is 9.52. The van der Waals surface area contributed by atoms with E-state index in [1.165, 1.54) is 6.20 Å². The number of nitrogens with zero attached hydrogens (tertiary/aromatic N) is 5. The molecule has 4 aliphatic rings. The van der Waals surface area contributed by atoms with E-state index in [0.29, 0.717) is 31.9 Å². The normalized spacial score (nSPS) is 29.4. The Kier molecular flexibility index (Phi) is 5.55. The molecule has 1 aliphatic carbocycles. The van der Waals surface area contributed by atoms with E-state index in [1.54, 1.807) is 15.9 Å². The Labute approximate surface area is 268 Å². The molecule has 4 aromatic rings. The summed E-state index contributed by atoms with van der Waals surface area (Å²) in [6.45, 7) is -1.80. The molecule has 8 nitrogen and oxygen atoms in total. The van der Waals surface area contributed by atoms with E-state index >= 15 is 17.6 Å². The van der Waals surface area contributed by atoms with Crippen LogP contribution in [-0.4, -0.2) is 77.0 Å². The number of fused-ring (bicyclic) bond motifs is 4. The molecule has 3 aliphatic heterocycles. The second-order valence-corrected chi connectivity index (χ2v) is 12.3. The van der Waals surface area contributed by atoms with Gasteiger partial charge in [0, 0.05) is 59.7 Å². The summed E-state index contributed by atoms with van der Waals surface area (Å²) in [6, 6.07) is 1.41. The van der Waals surface area contributed by atoms with E-state index < -0.39 is 89.2 Å². The van der Waals surface area contributed by atoms with Crippen LogP contribution in [0.15, 0.2) is 36.5 Å². The molecule has 1 saturated carbocycles. The minimum absolute atomic E-state index is 0.00112. The lowest BCUT2D eigenvalue weighted by Crippen LogP contribution is -2.43. The van der Waals surface area contributed by atoms with Crippen LogP contribution >= 0.6 is 0 Å². The maximum absolute atomic E-state index is 17.0. The van der Waals surface area contributed by atoms with Gasteiger partial charge in [0.2, 0.25) is 0 Å². The maximum atomic E-state index is 17.0. The van der Waals surface area contributed by atoms with Gasteiger partial charge in [-0.2, -0.15) is 9.97 Å². The summed E-state index contributed by atoms with van der Waals surface area (Å²) in [6.07, 6.45) is 3.48. The SMILES string of the molecule is [2H]C([2H])([2H])Oc1c(F)cc(F)c2cc(N)cc(-c3ncc4c(N5CCC=C[C@H]6[C@H](F)[C@H]65)nc(OC([2H])([2H])[C@@]56CCCN5C[C@H](F)C6)nc4c3F)c12. The van der Waals surface area contributed by atoms with Crippen molar-refractivity contribution in [2.75, 3.05) is 43.9 Å². The monoisotopic (exact) mass is 643 g/mol. The van der Waals surface area contributed by atoms with Crippen molar-refractivity contribution in [1.29, 1.82) is 0 Å². The number of nitrogen functional groups attached to an aromatic ring is 1. The third-order valence-corrected chi connectivity index (χ3v) is 9.52. The smallest absolute Gasteiger partial charge is 0.319 e. The van der Waals surface area contributed by atoms with Gasteiger partial charge in [-0.15, -0.1) is 0 Å². The predicted octanol–water partition coefficient (Wildman–Crippen LogP) is 5.91. The van der Waals surface area contributed by atoms with Crippen molar-refractivity contribution in [2.45, 2.75) is 49.6 Å². The fourth-order valence-electron chi connectivity index (χ4n) is 7.37. The number of aromatic nitrogens is 3. The summed E-state index contributed by atoms with van der Waals surface area (Å²) >= 11 is 0. The van der Waals surface area contributed by atoms with Crippen LogP contribution in [0.3, 0.4) is 0 Å². The minimum Gasteiger partial charge on any atom is -0.493 e. The van der Waals surface area contributed by atoms with Crippen molar-refractivity contribution in [3.05, 3.63) is 54.0 Å². The van der Waals surface area contributed by atoms with Crippen molar-refractivity contribution in [2.24, 2.45) is 5.92 Å². The molecule has 0 unspecified atom stereocenters. The lowest BCUT2D eigenvalue weighted by Gasteiger charge is -2.31. The average molecular weight is 644 g/mol. The molecular formula is C33H31F5N6O2. The summed E-state index contributed by atoms with van der Waals surface area (Å²) < 4.78 is 129. The van der Waals surface area contributed by atoms with Crippen LogP contribution in [0.4, 0.5) is 33.5 Å². The highest BCUT2D eigenvalue weighted by Gasteiger charge is 2.54. The van der Waals surface area contributed by atoms with E-state index in [-0.39, 0.29) is 47.4 Å². The number of pyridine rings is 1. The van der Waals surface area contributed by atoms with Gasteiger partial charge in [-0.05, 0) is 37.9 Å². The van der Waals surface area contributed by atoms with Gasteiger partial charge in [0.05, 0.1) is 30.9 Å². The number of hydrogen-bond acceptors (Lipinski definition) is 8. The number of nitrogens with two attached hydrogens (primary N) is 1. The van der Waals surface area contributed by atoms with Gasteiger partial charge in [0.1, 0.15) is 41.7 Å². The minimum atomic E-state index is -3.18. The molecule has 3 fully saturated rings. The Bertz CT molecular complexity index is 2130. The molecule has 2 aromatic heterocycles. The van der Waals surface area contributed by atoms with Gasteiger partial charge < -0.3 is 20.1 Å². The molecule has 5 heterocycles. The summed E-state index contributed by atoms with van der Waals surface area (Å²) in [7, 11) is -3.18. The Morgan fingerprint density at radius 3 is 2.85 bits per heavy atom. The average Bonchev–Trinajstić information content (AvgIpc) is 3.40. The molecule has 0 bridgehead atoms. The van der Waals surface area contributed by atoms with Crippen LogP contribution in [0.1, 0.15) is 32.5 Å². The zero-order valence-electron chi connectivity index (χ0n) is 29.2. The zero-order valence-corrected chi connectivity index (χ0v) is 24.2. The first-order valence-corrected chi connectivity index (χ1v) is 15.0. The van der Waals surface area contributed by atoms with Crippen LogP contribution in [0.5, 0.6) is 11.8 Å². The second-order valence-electron chi connectivity index (χ2n) is 12.3. The molecule has 240 valence electrons. The summed E-state index contributed by atoms with van der Waals surface area (Å²) in [5.41, 5.74) is 3.28. The number of hydrogen-bond donors (Lipinski definition) is 1. The lowest BCUT2D eigenvalue weighted by molar-refractivity contribution is 0.107. The third kappa shape index (κ3) is 4.45. The molecule has 5 atom stereocenters. The van der Waals surface area contributed by atoms with Gasteiger partial charge in [-0.1, -0.05) is 12.2 Å². The Morgan fingerprint density at radius 2 is 2.00 bits per heavy atom. The van der Waals surface area contributed by atoms with Crippen molar-refractivity contribution in [3.63, 3.8) is 0 Å². The fraction of sp³-hybridized carbons (Fsp3) is 0.424. The Hall–Kier alpha value is -4.26. The van der Waals surface area contributed by atoms with Crippen LogP contribution in [0, 0.1) is 23.4 Å². The lowest BCUT2D eigenvalue weighted by atomic mass is 9.95. The van der Waals surface area contributed by atoms with Crippen LogP contribution < -0.4 is 20.1 Å². The number of rotatable bonds is 6.